The molecule has 4 aromatic rings. The number of ether oxygens (including phenoxy) is 1. The van der Waals surface area contributed by atoms with E-state index < -0.39 is 0 Å². The maximum atomic E-state index is 5.90. The fraction of sp³-hybridized carbons (Fsp3) is 0.217. The van der Waals surface area contributed by atoms with Crippen LogP contribution in [0.1, 0.15) is 24.1 Å². The van der Waals surface area contributed by atoms with Gasteiger partial charge in [0.2, 0.25) is 0 Å². The molecule has 1 unspecified atom stereocenters. The molecule has 28 heavy (non-hydrogen) atoms. The molecule has 142 valence electrons. The van der Waals surface area contributed by atoms with E-state index in [0.29, 0.717) is 11.2 Å². The van der Waals surface area contributed by atoms with Gasteiger partial charge in [-0.3, -0.25) is 4.90 Å². The number of benzene rings is 2. The van der Waals surface area contributed by atoms with E-state index in [2.05, 4.69) is 71.3 Å². The van der Waals surface area contributed by atoms with Gasteiger partial charge in [-0.2, -0.15) is 4.98 Å². The first kappa shape index (κ1) is 18.6. The SMILES string of the molecule is CC(c1ccccc1)N(C)CCc1ccc(Oc2nc3ncccc3s2)cc1. The second-order valence-corrected chi connectivity index (χ2v) is 7.86. The average Bonchev–Trinajstić information content (AvgIpc) is 3.15. The van der Waals surface area contributed by atoms with Gasteiger partial charge in [-0.15, -0.1) is 0 Å². The summed E-state index contributed by atoms with van der Waals surface area (Å²) in [5.74, 6) is 0.800. The summed E-state index contributed by atoms with van der Waals surface area (Å²) in [4.78, 5) is 11.0. The molecule has 0 N–H and O–H groups in total. The molecule has 0 aliphatic heterocycles. The van der Waals surface area contributed by atoms with Crippen LogP contribution in [0.4, 0.5) is 0 Å². The molecule has 0 fully saturated rings. The lowest BCUT2D eigenvalue weighted by molar-refractivity contribution is 0.265. The van der Waals surface area contributed by atoms with Crippen molar-refractivity contribution in [2.45, 2.75) is 19.4 Å². The Morgan fingerprint density at radius 2 is 1.79 bits per heavy atom. The smallest absolute Gasteiger partial charge is 0.281 e. The highest BCUT2D eigenvalue weighted by Crippen LogP contribution is 2.30. The highest BCUT2D eigenvalue weighted by Gasteiger charge is 2.11. The van der Waals surface area contributed by atoms with Crippen LogP contribution in [0.15, 0.2) is 72.9 Å². The number of thiazole rings is 1. The van der Waals surface area contributed by atoms with Crippen molar-refractivity contribution < 1.29 is 4.74 Å². The second kappa shape index (κ2) is 8.50. The molecule has 0 spiro atoms. The van der Waals surface area contributed by atoms with Crippen molar-refractivity contribution in [3.05, 3.63) is 84.1 Å². The molecule has 0 saturated carbocycles. The molecule has 0 bridgehead atoms. The zero-order valence-corrected chi connectivity index (χ0v) is 16.9. The van der Waals surface area contributed by atoms with E-state index in [1.54, 1.807) is 6.20 Å². The van der Waals surface area contributed by atoms with Crippen molar-refractivity contribution >= 4 is 21.7 Å². The highest BCUT2D eigenvalue weighted by atomic mass is 32.1. The molecule has 0 saturated heterocycles. The lowest BCUT2D eigenvalue weighted by atomic mass is 10.1. The van der Waals surface area contributed by atoms with E-state index in [9.17, 15) is 0 Å². The number of aromatic nitrogens is 2. The molecule has 1 atom stereocenters. The second-order valence-electron chi connectivity index (χ2n) is 6.87. The highest BCUT2D eigenvalue weighted by molar-refractivity contribution is 7.20. The monoisotopic (exact) mass is 389 g/mol. The van der Waals surface area contributed by atoms with Gasteiger partial charge >= 0.3 is 0 Å². The minimum Gasteiger partial charge on any atom is -0.431 e. The largest absolute Gasteiger partial charge is 0.431 e. The van der Waals surface area contributed by atoms with Gasteiger partial charge in [0.15, 0.2) is 5.65 Å². The Hall–Kier alpha value is -2.76. The average molecular weight is 390 g/mol. The molecule has 0 aliphatic rings. The molecular weight excluding hydrogens is 366 g/mol. The summed E-state index contributed by atoms with van der Waals surface area (Å²) < 4.78 is 6.93. The Morgan fingerprint density at radius 1 is 1.00 bits per heavy atom. The predicted molar refractivity (Wildman–Crippen MR) is 115 cm³/mol. The van der Waals surface area contributed by atoms with Crippen LogP contribution in [0.25, 0.3) is 10.3 Å². The van der Waals surface area contributed by atoms with Gasteiger partial charge in [-0.1, -0.05) is 53.8 Å². The Morgan fingerprint density at radius 3 is 2.54 bits per heavy atom. The molecule has 0 aliphatic carbocycles. The van der Waals surface area contributed by atoms with Crippen molar-refractivity contribution in [2.24, 2.45) is 0 Å². The molecule has 2 aromatic carbocycles. The van der Waals surface area contributed by atoms with Crippen LogP contribution < -0.4 is 4.74 Å². The van der Waals surface area contributed by atoms with Gasteiger partial charge in [-0.25, -0.2) is 4.98 Å². The van der Waals surface area contributed by atoms with Crippen LogP contribution in [-0.2, 0) is 6.42 Å². The zero-order chi connectivity index (χ0) is 19.3. The van der Waals surface area contributed by atoms with Crippen LogP contribution in [0.5, 0.6) is 10.9 Å². The van der Waals surface area contributed by atoms with Gasteiger partial charge in [0.05, 0.1) is 4.70 Å². The summed E-state index contributed by atoms with van der Waals surface area (Å²) in [5.41, 5.74) is 3.37. The van der Waals surface area contributed by atoms with E-state index in [1.165, 1.54) is 22.5 Å². The summed E-state index contributed by atoms with van der Waals surface area (Å²) >= 11 is 1.51. The van der Waals surface area contributed by atoms with Crippen LogP contribution in [0.2, 0.25) is 0 Å². The molecule has 2 aromatic heterocycles. The summed E-state index contributed by atoms with van der Waals surface area (Å²) in [5, 5.41) is 0.623. The van der Waals surface area contributed by atoms with Crippen LogP contribution in [0.3, 0.4) is 0 Å². The van der Waals surface area contributed by atoms with Gasteiger partial charge in [0, 0.05) is 18.8 Å². The molecule has 0 amide bonds. The first-order valence-electron chi connectivity index (χ1n) is 9.42. The first-order chi connectivity index (χ1) is 13.7. The minimum absolute atomic E-state index is 0.399. The lowest BCUT2D eigenvalue weighted by Gasteiger charge is -2.25. The fourth-order valence-electron chi connectivity index (χ4n) is 3.10. The summed E-state index contributed by atoms with van der Waals surface area (Å²) in [6.45, 7) is 3.25. The van der Waals surface area contributed by atoms with E-state index in [4.69, 9.17) is 4.74 Å². The van der Waals surface area contributed by atoms with Crippen molar-refractivity contribution in [3.63, 3.8) is 0 Å². The number of hydrogen-bond donors (Lipinski definition) is 0. The third-order valence-electron chi connectivity index (χ3n) is 4.97. The topological polar surface area (TPSA) is 38.2 Å². The van der Waals surface area contributed by atoms with Gasteiger partial charge in [-0.05, 0) is 55.8 Å². The van der Waals surface area contributed by atoms with E-state index in [0.717, 1.165) is 29.1 Å². The van der Waals surface area contributed by atoms with E-state index in [-0.39, 0.29) is 0 Å². The Labute approximate surface area is 169 Å². The first-order valence-corrected chi connectivity index (χ1v) is 10.2. The third-order valence-corrected chi connectivity index (χ3v) is 5.86. The van der Waals surface area contributed by atoms with Crippen molar-refractivity contribution in [1.29, 1.82) is 0 Å². The molecule has 4 rings (SSSR count). The molecule has 4 nitrogen and oxygen atoms in total. The standard InChI is InChI=1S/C23H23N3OS/c1-17(19-7-4-3-5-8-19)26(2)16-14-18-10-12-20(13-11-18)27-23-25-22-21(28-23)9-6-15-24-22/h3-13,15,17H,14,16H2,1-2H3. The minimum atomic E-state index is 0.399. The van der Waals surface area contributed by atoms with Gasteiger partial charge in [0.1, 0.15) is 5.75 Å². The van der Waals surface area contributed by atoms with Crippen LogP contribution in [-0.4, -0.2) is 28.5 Å². The predicted octanol–water partition coefficient (Wildman–Crippen LogP) is 5.72. The third kappa shape index (κ3) is 4.38. The summed E-state index contributed by atoms with van der Waals surface area (Å²) in [7, 11) is 2.18. The maximum Gasteiger partial charge on any atom is 0.281 e. The van der Waals surface area contributed by atoms with E-state index >= 15 is 0 Å². The number of nitrogens with zero attached hydrogens (tertiary/aromatic N) is 3. The normalized spacial score (nSPS) is 12.4. The Bertz CT molecular complexity index is 998. The van der Waals surface area contributed by atoms with Gasteiger partial charge < -0.3 is 4.74 Å². The molecular formula is C23H23N3OS. The Kier molecular flexibility index (Phi) is 5.65. The van der Waals surface area contributed by atoms with Crippen molar-refractivity contribution in [3.8, 4) is 10.9 Å². The number of rotatable bonds is 7. The van der Waals surface area contributed by atoms with Crippen molar-refractivity contribution in [2.75, 3.05) is 13.6 Å². The molecule has 5 heteroatoms. The number of fused-ring (bicyclic) bond motifs is 1. The summed E-state index contributed by atoms with van der Waals surface area (Å²) in [6, 6.07) is 23.2. The maximum absolute atomic E-state index is 5.90. The number of hydrogen-bond acceptors (Lipinski definition) is 5. The summed E-state index contributed by atoms with van der Waals surface area (Å²) in [6.07, 6.45) is 2.75. The van der Waals surface area contributed by atoms with Crippen LogP contribution >= 0.6 is 11.3 Å². The van der Waals surface area contributed by atoms with Crippen molar-refractivity contribution in [1.82, 2.24) is 14.9 Å². The lowest BCUT2D eigenvalue weighted by Crippen LogP contribution is -2.24. The fourth-order valence-corrected chi connectivity index (χ4v) is 3.90. The quantitative estimate of drug-likeness (QED) is 0.405. The zero-order valence-electron chi connectivity index (χ0n) is 16.1. The molecule has 0 radical (unpaired) electrons. The van der Waals surface area contributed by atoms with Gasteiger partial charge in [0.25, 0.3) is 5.19 Å². The number of likely N-dealkylation sites (N-methyl/N-ethyl adjacent to an activating group) is 1. The number of pyridine rings is 1. The Balaban J connectivity index is 1.34. The van der Waals surface area contributed by atoms with Crippen LogP contribution in [0, 0.1) is 0 Å². The van der Waals surface area contributed by atoms with E-state index in [1.807, 2.05) is 24.3 Å². The molecule has 2 heterocycles.